The molecule has 0 amide bonds. The summed E-state index contributed by atoms with van der Waals surface area (Å²) in [6, 6.07) is 9.47. The minimum atomic E-state index is -1.26. The van der Waals surface area contributed by atoms with Crippen molar-refractivity contribution in [1.82, 2.24) is 0 Å². The van der Waals surface area contributed by atoms with Crippen LogP contribution in [0.1, 0.15) is 70.8 Å². The maximum Gasteiger partial charge on any atom is 0.331 e. The Bertz CT molecular complexity index is 1050. The van der Waals surface area contributed by atoms with Crippen LogP contribution in [-0.4, -0.2) is 33.9 Å². The zero-order valence-electron chi connectivity index (χ0n) is 20.3. The lowest BCUT2D eigenvalue weighted by Gasteiger charge is -2.68. The molecule has 1 aromatic rings. The Balaban J connectivity index is 1.43. The van der Waals surface area contributed by atoms with Crippen LogP contribution < -0.4 is 0 Å². The fourth-order valence-electron chi connectivity index (χ4n) is 8.53. The lowest BCUT2D eigenvalue weighted by atomic mass is 9.38. The van der Waals surface area contributed by atoms with Crippen LogP contribution in [0, 0.1) is 28.1 Å². The van der Waals surface area contributed by atoms with Gasteiger partial charge >= 0.3 is 11.9 Å². The monoisotopic (exact) mass is 464 g/mol. The summed E-state index contributed by atoms with van der Waals surface area (Å²) in [6.07, 6.45) is 8.37. The molecule has 4 fully saturated rings. The molecular formula is C29H36O5. The van der Waals surface area contributed by atoms with Gasteiger partial charge in [-0.25, -0.2) is 4.79 Å². The molecule has 0 heterocycles. The number of aliphatic carboxylic acids is 1. The highest BCUT2D eigenvalue weighted by Gasteiger charge is 2.74. The number of aliphatic hydroxyl groups is 1. The van der Waals surface area contributed by atoms with Crippen molar-refractivity contribution in [3.8, 4) is 0 Å². The van der Waals surface area contributed by atoms with Gasteiger partial charge in [0.15, 0.2) is 0 Å². The maximum atomic E-state index is 12.8. The van der Waals surface area contributed by atoms with E-state index in [1.54, 1.807) is 13.0 Å². The predicted octanol–water partition coefficient (Wildman–Crippen LogP) is 5.39. The molecule has 0 radical (unpaired) electrons. The van der Waals surface area contributed by atoms with Crippen molar-refractivity contribution in [3.63, 3.8) is 0 Å². The minimum absolute atomic E-state index is 0.195. The van der Waals surface area contributed by atoms with Gasteiger partial charge in [-0.2, -0.15) is 0 Å². The summed E-state index contributed by atoms with van der Waals surface area (Å²) >= 11 is 0. The molecule has 5 rings (SSSR count). The van der Waals surface area contributed by atoms with E-state index in [1.807, 2.05) is 30.3 Å². The third-order valence-electron chi connectivity index (χ3n) is 10.4. The number of ether oxygens (including phenoxy) is 1. The van der Waals surface area contributed by atoms with Gasteiger partial charge in [0.25, 0.3) is 0 Å². The molecule has 2 bridgehead atoms. The number of esters is 1. The lowest BCUT2D eigenvalue weighted by Crippen LogP contribution is -2.71. The van der Waals surface area contributed by atoms with Crippen LogP contribution >= 0.6 is 0 Å². The summed E-state index contributed by atoms with van der Waals surface area (Å²) in [5.41, 5.74) is -0.779. The highest BCUT2D eigenvalue weighted by atomic mass is 16.5. The molecule has 0 aromatic heterocycles. The van der Waals surface area contributed by atoms with Gasteiger partial charge in [0, 0.05) is 16.9 Å². The molecule has 5 nitrogen and oxygen atoms in total. The van der Waals surface area contributed by atoms with Crippen LogP contribution in [0.2, 0.25) is 0 Å². The SMILES string of the molecule is C=C1C[C@@]23CCC4[C@](C)(C(=O)O)[C@H](OC(=O)/C=C/c5ccccc5)CC[C@@]4(C)[C@]2(O)CC[C@@H]1C3. The van der Waals surface area contributed by atoms with Crippen LogP contribution in [0.5, 0.6) is 0 Å². The first-order chi connectivity index (χ1) is 16.1. The Kier molecular flexibility index (Phi) is 5.36. The van der Waals surface area contributed by atoms with Crippen molar-refractivity contribution in [1.29, 1.82) is 0 Å². The number of hydrogen-bond donors (Lipinski definition) is 2. The average Bonchev–Trinajstić information content (AvgIpc) is 3.08. The maximum absolute atomic E-state index is 12.8. The number of carboxylic acids is 1. The highest BCUT2D eigenvalue weighted by molar-refractivity contribution is 5.87. The van der Waals surface area contributed by atoms with E-state index in [-0.39, 0.29) is 11.3 Å². The number of rotatable bonds is 4. The summed E-state index contributed by atoms with van der Waals surface area (Å²) < 4.78 is 5.83. The molecule has 4 aliphatic carbocycles. The summed E-state index contributed by atoms with van der Waals surface area (Å²) in [7, 11) is 0. The van der Waals surface area contributed by atoms with Crippen LogP contribution in [0.25, 0.3) is 6.08 Å². The molecule has 0 aliphatic heterocycles. The fraction of sp³-hybridized carbons (Fsp3) is 0.586. The minimum Gasteiger partial charge on any atom is -0.481 e. The number of carboxylic acid groups (broad SMARTS) is 1. The Morgan fingerprint density at radius 2 is 1.82 bits per heavy atom. The number of carbonyl (C=O) groups excluding carboxylic acids is 1. The molecule has 7 atom stereocenters. The molecule has 0 saturated heterocycles. The van der Waals surface area contributed by atoms with Crippen molar-refractivity contribution >= 4 is 18.0 Å². The van der Waals surface area contributed by atoms with E-state index < -0.39 is 34.5 Å². The molecule has 2 N–H and O–H groups in total. The highest BCUT2D eigenvalue weighted by Crippen LogP contribution is 2.74. The zero-order valence-corrected chi connectivity index (χ0v) is 20.3. The number of fused-ring (bicyclic) bond motifs is 3. The lowest BCUT2D eigenvalue weighted by molar-refractivity contribution is -0.276. The van der Waals surface area contributed by atoms with Crippen molar-refractivity contribution in [2.45, 2.75) is 76.9 Å². The molecule has 1 aromatic carbocycles. The Morgan fingerprint density at radius 1 is 1.09 bits per heavy atom. The quantitative estimate of drug-likeness (QED) is 0.355. The number of benzene rings is 1. The second kappa shape index (κ2) is 7.81. The predicted molar refractivity (Wildman–Crippen MR) is 130 cm³/mol. The third-order valence-corrected chi connectivity index (χ3v) is 10.4. The van der Waals surface area contributed by atoms with Gasteiger partial charge in [0.05, 0.1) is 5.60 Å². The van der Waals surface area contributed by atoms with E-state index in [2.05, 4.69) is 13.5 Å². The Morgan fingerprint density at radius 3 is 2.53 bits per heavy atom. The van der Waals surface area contributed by atoms with E-state index in [0.717, 1.165) is 37.7 Å². The summed E-state index contributed by atoms with van der Waals surface area (Å²) in [4.78, 5) is 25.5. The number of carbonyl (C=O) groups is 2. The van der Waals surface area contributed by atoms with Crippen molar-refractivity contribution in [2.24, 2.45) is 28.1 Å². The van der Waals surface area contributed by atoms with Crippen LogP contribution in [0.3, 0.4) is 0 Å². The van der Waals surface area contributed by atoms with Gasteiger partial charge in [-0.05, 0) is 81.8 Å². The van der Waals surface area contributed by atoms with Gasteiger partial charge in [0.2, 0.25) is 0 Å². The first-order valence-corrected chi connectivity index (χ1v) is 12.6. The van der Waals surface area contributed by atoms with Gasteiger partial charge in [-0.1, -0.05) is 49.4 Å². The molecule has 1 unspecified atom stereocenters. The molecule has 4 aliphatic rings. The van der Waals surface area contributed by atoms with E-state index in [1.165, 1.54) is 11.6 Å². The first kappa shape index (κ1) is 23.3. The second-order valence-corrected chi connectivity index (χ2v) is 11.7. The molecule has 182 valence electrons. The van der Waals surface area contributed by atoms with E-state index in [9.17, 15) is 19.8 Å². The van der Waals surface area contributed by atoms with Gasteiger partial charge in [-0.15, -0.1) is 0 Å². The average molecular weight is 465 g/mol. The van der Waals surface area contributed by atoms with E-state index in [4.69, 9.17) is 4.74 Å². The summed E-state index contributed by atoms with van der Waals surface area (Å²) in [5.74, 6) is -1.26. The van der Waals surface area contributed by atoms with Crippen molar-refractivity contribution in [3.05, 3.63) is 54.1 Å². The molecule has 34 heavy (non-hydrogen) atoms. The largest absolute Gasteiger partial charge is 0.481 e. The molecular weight excluding hydrogens is 428 g/mol. The van der Waals surface area contributed by atoms with Crippen molar-refractivity contribution < 1.29 is 24.5 Å². The number of hydrogen-bond acceptors (Lipinski definition) is 4. The van der Waals surface area contributed by atoms with Gasteiger partial charge < -0.3 is 14.9 Å². The Labute approximate surface area is 201 Å². The molecule has 1 spiro atoms. The normalized spacial score (nSPS) is 43.3. The smallest absolute Gasteiger partial charge is 0.331 e. The molecule has 5 heteroatoms. The van der Waals surface area contributed by atoms with E-state index in [0.29, 0.717) is 25.2 Å². The van der Waals surface area contributed by atoms with Gasteiger partial charge in [-0.3, -0.25) is 4.79 Å². The number of allylic oxidation sites excluding steroid dienone is 1. The Hall–Kier alpha value is -2.40. The third kappa shape index (κ3) is 3.08. The van der Waals surface area contributed by atoms with E-state index >= 15 is 0 Å². The molecule has 4 saturated carbocycles. The standard InChI is InChI=1S/C29H36O5/c1-19-17-28-15-12-22-26(2,29(28,33)16-11-21(19)18-28)14-13-23(27(22,3)25(31)32)34-24(30)10-9-20-7-5-4-6-8-20/h4-10,21-23,33H,1,11-18H2,2-3H3,(H,31,32)/b10-9+/t21-,22?,23-,26-,27+,28-,29-/m1/s1. The summed E-state index contributed by atoms with van der Waals surface area (Å²) in [5, 5.41) is 22.9. The van der Waals surface area contributed by atoms with Gasteiger partial charge in [0.1, 0.15) is 11.5 Å². The van der Waals surface area contributed by atoms with Crippen LogP contribution in [0.4, 0.5) is 0 Å². The zero-order chi connectivity index (χ0) is 24.4. The summed E-state index contributed by atoms with van der Waals surface area (Å²) in [6.45, 7) is 8.15. The van der Waals surface area contributed by atoms with Crippen LogP contribution in [-0.2, 0) is 14.3 Å². The fourth-order valence-corrected chi connectivity index (χ4v) is 8.53. The van der Waals surface area contributed by atoms with Crippen LogP contribution in [0.15, 0.2) is 48.6 Å². The van der Waals surface area contributed by atoms with Crippen molar-refractivity contribution in [2.75, 3.05) is 0 Å². The second-order valence-electron chi connectivity index (χ2n) is 11.7. The topological polar surface area (TPSA) is 83.8 Å². The first-order valence-electron chi connectivity index (χ1n) is 12.6.